The predicted molar refractivity (Wildman–Crippen MR) is 84.9 cm³/mol. The fraction of sp³-hybridized carbons (Fsp3) is 0.625. The SMILES string of the molecule is OCC1(NCc2cc(Br)c3c(c2)OCCO3)CCCCC1. The summed E-state index contributed by atoms with van der Waals surface area (Å²) in [6.45, 7) is 2.13. The molecule has 1 aliphatic carbocycles. The maximum absolute atomic E-state index is 9.75. The Morgan fingerprint density at radius 2 is 1.90 bits per heavy atom. The first kappa shape index (κ1) is 15.1. The molecular formula is C16H22BrNO3. The zero-order valence-electron chi connectivity index (χ0n) is 12.2. The molecule has 0 amide bonds. The molecule has 0 bridgehead atoms. The van der Waals surface area contributed by atoms with Gasteiger partial charge in [0.2, 0.25) is 0 Å². The second kappa shape index (κ2) is 6.55. The van der Waals surface area contributed by atoms with Crippen molar-refractivity contribution in [3.05, 3.63) is 22.2 Å². The van der Waals surface area contributed by atoms with Gasteiger partial charge in [-0.2, -0.15) is 0 Å². The van der Waals surface area contributed by atoms with Crippen molar-refractivity contribution in [1.29, 1.82) is 0 Å². The van der Waals surface area contributed by atoms with Crippen LogP contribution in [-0.4, -0.2) is 30.5 Å². The Hall–Kier alpha value is -0.780. The van der Waals surface area contributed by atoms with Gasteiger partial charge >= 0.3 is 0 Å². The Balaban J connectivity index is 1.71. The lowest BCUT2D eigenvalue weighted by Crippen LogP contribution is -2.49. The smallest absolute Gasteiger partial charge is 0.175 e. The van der Waals surface area contributed by atoms with Crippen LogP contribution in [0.3, 0.4) is 0 Å². The number of aliphatic hydroxyl groups excluding tert-OH is 1. The molecule has 1 aromatic rings. The average molecular weight is 356 g/mol. The van der Waals surface area contributed by atoms with Gasteiger partial charge in [-0.1, -0.05) is 19.3 Å². The first-order valence-corrected chi connectivity index (χ1v) is 8.46. The van der Waals surface area contributed by atoms with Crippen LogP contribution >= 0.6 is 15.9 Å². The van der Waals surface area contributed by atoms with Crippen LogP contribution in [-0.2, 0) is 6.54 Å². The van der Waals surface area contributed by atoms with Gasteiger partial charge in [0.1, 0.15) is 13.2 Å². The minimum absolute atomic E-state index is 0.113. The molecule has 1 fully saturated rings. The first-order valence-electron chi connectivity index (χ1n) is 7.66. The molecule has 0 radical (unpaired) electrons. The van der Waals surface area contributed by atoms with Gasteiger partial charge in [-0.15, -0.1) is 0 Å². The van der Waals surface area contributed by atoms with Crippen molar-refractivity contribution in [2.24, 2.45) is 0 Å². The molecule has 0 aromatic heterocycles. The van der Waals surface area contributed by atoms with Gasteiger partial charge in [-0.25, -0.2) is 0 Å². The van der Waals surface area contributed by atoms with E-state index in [1.165, 1.54) is 19.3 Å². The number of aliphatic hydroxyl groups is 1. The lowest BCUT2D eigenvalue weighted by molar-refractivity contribution is 0.119. The van der Waals surface area contributed by atoms with E-state index in [4.69, 9.17) is 9.47 Å². The lowest BCUT2D eigenvalue weighted by Gasteiger charge is -2.37. The molecule has 21 heavy (non-hydrogen) atoms. The number of benzene rings is 1. The maximum atomic E-state index is 9.75. The van der Waals surface area contributed by atoms with E-state index in [0.717, 1.165) is 40.9 Å². The summed E-state index contributed by atoms with van der Waals surface area (Å²) in [7, 11) is 0. The number of hydrogen-bond acceptors (Lipinski definition) is 4. The van der Waals surface area contributed by atoms with Crippen LogP contribution in [0.25, 0.3) is 0 Å². The number of fused-ring (bicyclic) bond motifs is 1. The normalized spacial score (nSPS) is 20.3. The molecule has 1 aliphatic heterocycles. The molecule has 4 nitrogen and oxygen atoms in total. The van der Waals surface area contributed by atoms with Crippen LogP contribution in [0.4, 0.5) is 0 Å². The molecule has 1 heterocycles. The fourth-order valence-corrected chi connectivity index (χ4v) is 3.78. The van der Waals surface area contributed by atoms with Gasteiger partial charge in [0.25, 0.3) is 0 Å². The summed E-state index contributed by atoms with van der Waals surface area (Å²) in [4.78, 5) is 0. The quantitative estimate of drug-likeness (QED) is 0.871. The molecule has 0 atom stereocenters. The van der Waals surface area contributed by atoms with E-state index in [9.17, 15) is 5.11 Å². The third-order valence-corrected chi connectivity index (χ3v) is 5.03. The number of hydrogen-bond donors (Lipinski definition) is 2. The van der Waals surface area contributed by atoms with Gasteiger partial charge in [-0.3, -0.25) is 0 Å². The van der Waals surface area contributed by atoms with Gasteiger partial charge in [-0.05, 0) is 46.5 Å². The van der Waals surface area contributed by atoms with Crippen molar-refractivity contribution in [3.8, 4) is 11.5 Å². The third-order valence-electron chi connectivity index (χ3n) is 4.44. The Morgan fingerprint density at radius 1 is 1.14 bits per heavy atom. The number of rotatable bonds is 4. The standard InChI is InChI=1S/C16H22BrNO3/c17-13-8-12(9-14-15(13)21-7-6-20-14)10-18-16(11-19)4-2-1-3-5-16/h8-9,18-19H,1-7,10-11H2. The van der Waals surface area contributed by atoms with Crippen molar-refractivity contribution in [2.45, 2.75) is 44.2 Å². The van der Waals surface area contributed by atoms with Crippen LogP contribution in [0, 0.1) is 0 Å². The summed E-state index contributed by atoms with van der Waals surface area (Å²) in [6.07, 6.45) is 5.76. The number of ether oxygens (including phenoxy) is 2. The second-order valence-corrected chi connectivity index (χ2v) is 6.81. The Bertz CT molecular complexity index is 501. The van der Waals surface area contributed by atoms with E-state index in [1.807, 2.05) is 6.07 Å². The Labute approximate surface area is 134 Å². The molecule has 1 saturated carbocycles. The Morgan fingerprint density at radius 3 is 2.67 bits per heavy atom. The van der Waals surface area contributed by atoms with E-state index in [2.05, 4.69) is 27.3 Å². The van der Waals surface area contributed by atoms with Gasteiger partial charge in [0.15, 0.2) is 11.5 Å². The monoisotopic (exact) mass is 355 g/mol. The topological polar surface area (TPSA) is 50.7 Å². The van der Waals surface area contributed by atoms with E-state index < -0.39 is 0 Å². The third kappa shape index (κ3) is 3.35. The average Bonchev–Trinajstić information content (AvgIpc) is 2.54. The van der Waals surface area contributed by atoms with Crippen LogP contribution in [0.5, 0.6) is 11.5 Å². The molecule has 2 aliphatic rings. The summed E-state index contributed by atoms with van der Waals surface area (Å²) < 4.78 is 12.2. The minimum atomic E-state index is -0.113. The van der Waals surface area contributed by atoms with Crippen molar-refractivity contribution < 1.29 is 14.6 Å². The Kier molecular flexibility index (Phi) is 4.72. The predicted octanol–water partition coefficient (Wildman–Crippen LogP) is 3.01. The number of halogens is 1. The number of nitrogens with one attached hydrogen (secondary N) is 1. The molecule has 3 rings (SSSR count). The molecular weight excluding hydrogens is 334 g/mol. The highest BCUT2D eigenvalue weighted by Crippen LogP contribution is 2.38. The zero-order chi connectivity index (χ0) is 14.7. The molecule has 0 saturated heterocycles. The molecule has 2 N–H and O–H groups in total. The molecule has 1 aromatic carbocycles. The van der Waals surface area contributed by atoms with Gasteiger partial charge in [0.05, 0.1) is 11.1 Å². The molecule has 0 unspecified atom stereocenters. The van der Waals surface area contributed by atoms with Gasteiger partial charge in [0, 0.05) is 12.1 Å². The van der Waals surface area contributed by atoms with Crippen molar-refractivity contribution in [1.82, 2.24) is 5.32 Å². The van der Waals surface area contributed by atoms with Gasteiger partial charge < -0.3 is 19.9 Å². The van der Waals surface area contributed by atoms with Crippen LogP contribution in [0.2, 0.25) is 0 Å². The fourth-order valence-electron chi connectivity index (χ4n) is 3.18. The molecule has 5 heteroatoms. The van der Waals surface area contributed by atoms with Crippen LogP contribution in [0.1, 0.15) is 37.7 Å². The minimum Gasteiger partial charge on any atom is -0.486 e. The zero-order valence-corrected chi connectivity index (χ0v) is 13.7. The van der Waals surface area contributed by atoms with Crippen molar-refractivity contribution >= 4 is 15.9 Å². The van der Waals surface area contributed by atoms with Crippen LogP contribution < -0.4 is 14.8 Å². The second-order valence-electron chi connectivity index (χ2n) is 5.95. The lowest BCUT2D eigenvalue weighted by atomic mass is 9.82. The highest BCUT2D eigenvalue weighted by molar-refractivity contribution is 9.10. The van der Waals surface area contributed by atoms with E-state index >= 15 is 0 Å². The summed E-state index contributed by atoms with van der Waals surface area (Å²) in [5, 5.41) is 13.3. The summed E-state index contributed by atoms with van der Waals surface area (Å²) >= 11 is 3.55. The van der Waals surface area contributed by atoms with Crippen LogP contribution in [0.15, 0.2) is 16.6 Å². The molecule has 0 spiro atoms. The molecule has 116 valence electrons. The first-order chi connectivity index (χ1) is 10.2. The highest BCUT2D eigenvalue weighted by Gasteiger charge is 2.30. The van der Waals surface area contributed by atoms with E-state index in [1.54, 1.807) is 0 Å². The summed E-state index contributed by atoms with van der Waals surface area (Å²) in [5.41, 5.74) is 1.03. The largest absolute Gasteiger partial charge is 0.486 e. The van der Waals surface area contributed by atoms with E-state index in [0.29, 0.717) is 13.2 Å². The van der Waals surface area contributed by atoms with Crippen molar-refractivity contribution in [2.75, 3.05) is 19.8 Å². The van der Waals surface area contributed by atoms with E-state index in [-0.39, 0.29) is 12.1 Å². The van der Waals surface area contributed by atoms with Crippen molar-refractivity contribution in [3.63, 3.8) is 0 Å². The maximum Gasteiger partial charge on any atom is 0.175 e. The highest BCUT2D eigenvalue weighted by atomic mass is 79.9. The summed E-state index contributed by atoms with van der Waals surface area (Å²) in [6, 6.07) is 4.09. The summed E-state index contributed by atoms with van der Waals surface area (Å²) in [5.74, 6) is 1.59.